The van der Waals surface area contributed by atoms with Crippen molar-refractivity contribution in [2.45, 2.75) is 84.5 Å². The molecule has 1 saturated heterocycles. The van der Waals surface area contributed by atoms with Crippen molar-refractivity contribution in [2.24, 2.45) is 23.2 Å². The first-order chi connectivity index (χ1) is 11.8. The van der Waals surface area contributed by atoms with Gasteiger partial charge in [-0.2, -0.15) is 0 Å². The van der Waals surface area contributed by atoms with Gasteiger partial charge in [0, 0.05) is 11.8 Å². The molecular weight excluding hydrogens is 336 g/mol. The van der Waals surface area contributed by atoms with Crippen LogP contribution in [0.1, 0.15) is 67.7 Å². The average Bonchev–Trinajstić information content (AvgIpc) is 3.11. The summed E-state index contributed by atoms with van der Waals surface area (Å²) in [6.07, 6.45) is 2.11. The van der Waals surface area contributed by atoms with E-state index in [1.165, 1.54) is 0 Å². The standard InChI is InChI=1S/C20H30O6/c1-8-17(2,3)15(22)25-18(4,5)16(23)26-19(6)11-9-12-13(10-11)20(19,7)24-14(12)21/h11-13H,8-10H2,1-7H3. The molecule has 0 spiro atoms. The number of hydrogen-bond donors (Lipinski definition) is 0. The molecule has 0 aromatic rings. The van der Waals surface area contributed by atoms with Gasteiger partial charge in [0.1, 0.15) is 0 Å². The first kappa shape index (κ1) is 19.2. The Morgan fingerprint density at radius 3 is 2.35 bits per heavy atom. The van der Waals surface area contributed by atoms with Gasteiger partial charge in [-0.15, -0.1) is 0 Å². The van der Waals surface area contributed by atoms with Crippen LogP contribution in [0, 0.1) is 23.2 Å². The van der Waals surface area contributed by atoms with E-state index in [1.54, 1.807) is 27.7 Å². The number of rotatable bonds is 5. The lowest BCUT2D eigenvalue weighted by Gasteiger charge is -2.44. The van der Waals surface area contributed by atoms with Crippen LogP contribution in [0.25, 0.3) is 0 Å². The van der Waals surface area contributed by atoms with Crippen molar-refractivity contribution < 1.29 is 28.6 Å². The third-order valence-electron chi connectivity index (χ3n) is 7.23. The van der Waals surface area contributed by atoms with Crippen LogP contribution in [0.5, 0.6) is 0 Å². The third kappa shape index (κ3) is 2.40. The van der Waals surface area contributed by atoms with Gasteiger partial charge in [-0.3, -0.25) is 9.59 Å². The summed E-state index contributed by atoms with van der Waals surface area (Å²) in [6.45, 7) is 12.3. The molecule has 2 saturated carbocycles. The van der Waals surface area contributed by atoms with Gasteiger partial charge in [0.15, 0.2) is 11.2 Å². The van der Waals surface area contributed by atoms with Crippen molar-refractivity contribution in [3.63, 3.8) is 0 Å². The number of carbonyl (C=O) groups excluding carboxylic acids is 3. The summed E-state index contributed by atoms with van der Waals surface area (Å²) in [5.41, 5.74) is -3.79. The van der Waals surface area contributed by atoms with Gasteiger partial charge in [-0.1, -0.05) is 6.92 Å². The van der Waals surface area contributed by atoms with Crippen molar-refractivity contribution in [1.29, 1.82) is 0 Å². The van der Waals surface area contributed by atoms with Crippen LogP contribution in [0.4, 0.5) is 0 Å². The Bertz CT molecular complexity index is 665. The normalized spacial score (nSPS) is 38.3. The molecule has 6 heteroatoms. The second kappa shape index (κ2) is 5.46. The van der Waals surface area contributed by atoms with E-state index in [0.717, 1.165) is 6.42 Å². The SMILES string of the molecule is CCC(C)(C)C(=O)OC(C)(C)C(=O)OC1(C)C2CC3C(=O)OC1(C)C3C2. The molecule has 2 aliphatic carbocycles. The summed E-state index contributed by atoms with van der Waals surface area (Å²) in [7, 11) is 0. The van der Waals surface area contributed by atoms with Gasteiger partial charge in [0.2, 0.25) is 5.60 Å². The summed E-state index contributed by atoms with van der Waals surface area (Å²) in [5.74, 6) is -1.13. The van der Waals surface area contributed by atoms with Gasteiger partial charge in [-0.05, 0) is 60.8 Å². The van der Waals surface area contributed by atoms with E-state index >= 15 is 0 Å². The maximum atomic E-state index is 12.9. The first-order valence-corrected chi connectivity index (χ1v) is 9.48. The van der Waals surface area contributed by atoms with E-state index in [-0.39, 0.29) is 23.7 Å². The van der Waals surface area contributed by atoms with Crippen molar-refractivity contribution in [1.82, 2.24) is 0 Å². The Kier molecular flexibility index (Phi) is 4.03. The molecule has 0 aromatic carbocycles. The molecule has 3 rings (SSSR count). The summed E-state index contributed by atoms with van der Waals surface area (Å²) < 4.78 is 17.1. The van der Waals surface area contributed by atoms with Crippen LogP contribution < -0.4 is 0 Å². The fraction of sp³-hybridized carbons (Fsp3) is 0.850. The van der Waals surface area contributed by atoms with Gasteiger partial charge in [0.05, 0.1) is 11.3 Å². The molecule has 3 aliphatic rings. The minimum atomic E-state index is -1.41. The lowest BCUT2D eigenvalue weighted by molar-refractivity contribution is -0.217. The molecular formula is C20H30O6. The highest BCUT2D eigenvalue weighted by atomic mass is 16.6. The molecule has 5 unspecified atom stereocenters. The summed E-state index contributed by atoms with van der Waals surface area (Å²) in [4.78, 5) is 37.4. The van der Waals surface area contributed by atoms with E-state index < -0.39 is 34.2 Å². The highest BCUT2D eigenvalue weighted by Gasteiger charge is 2.76. The molecule has 0 amide bonds. The van der Waals surface area contributed by atoms with Crippen LogP contribution in [0.3, 0.4) is 0 Å². The fourth-order valence-corrected chi connectivity index (χ4v) is 4.65. The smallest absolute Gasteiger partial charge is 0.350 e. The molecule has 6 nitrogen and oxygen atoms in total. The number of hydrogen-bond acceptors (Lipinski definition) is 6. The van der Waals surface area contributed by atoms with Crippen molar-refractivity contribution in [2.75, 3.05) is 0 Å². The monoisotopic (exact) mass is 366 g/mol. The van der Waals surface area contributed by atoms with Crippen LogP contribution in [-0.2, 0) is 28.6 Å². The number of fused-ring (bicyclic) bond motifs is 1. The third-order valence-corrected chi connectivity index (χ3v) is 7.23. The van der Waals surface area contributed by atoms with E-state index in [9.17, 15) is 14.4 Å². The second-order valence-electron chi connectivity index (χ2n) is 9.54. The highest BCUT2D eigenvalue weighted by molar-refractivity contribution is 5.85. The van der Waals surface area contributed by atoms with Gasteiger partial charge in [-0.25, -0.2) is 4.79 Å². The Hall–Kier alpha value is -1.59. The lowest BCUT2D eigenvalue weighted by Crippen LogP contribution is -2.58. The molecule has 0 aromatic heterocycles. The maximum absolute atomic E-state index is 12.9. The Morgan fingerprint density at radius 1 is 1.15 bits per heavy atom. The molecule has 1 aliphatic heterocycles. The van der Waals surface area contributed by atoms with Crippen molar-refractivity contribution >= 4 is 17.9 Å². The number of esters is 3. The van der Waals surface area contributed by atoms with Gasteiger partial charge in [0.25, 0.3) is 0 Å². The minimum Gasteiger partial charge on any atom is -0.455 e. The summed E-state index contributed by atoms with van der Waals surface area (Å²) in [5, 5.41) is 0. The lowest BCUT2D eigenvalue weighted by atomic mass is 9.71. The molecule has 1 heterocycles. The van der Waals surface area contributed by atoms with Gasteiger partial charge >= 0.3 is 17.9 Å². The quantitative estimate of drug-likeness (QED) is 0.550. The van der Waals surface area contributed by atoms with Crippen molar-refractivity contribution in [3.8, 4) is 0 Å². The zero-order valence-electron chi connectivity index (χ0n) is 16.8. The molecule has 0 radical (unpaired) electrons. The Morgan fingerprint density at radius 2 is 1.77 bits per heavy atom. The van der Waals surface area contributed by atoms with E-state index in [1.807, 2.05) is 20.8 Å². The van der Waals surface area contributed by atoms with Crippen LogP contribution in [0.2, 0.25) is 0 Å². The molecule has 26 heavy (non-hydrogen) atoms. The molecule has 3 fully saturated rings. The van der Waals surface area contributed by atoms with E-state index in [4.69, 9.17) is 14.2 Å². The second-order valence-corrected chi connectivity index (χ2v) is 9.54. The molecule has 146 valence electrons. The number of ether oxygens (including phenoxy) is 3. The predicted octanol–water partition coefficient (Wildman–Crippen LogP) is 3.02. The summed E-state index contributed by atoms with van der Waals surface area (Å²) in [6, 6.07) is 0. The van der Waals surface area contributed by atoms with E-state index in [2.05, 4.69) is 0 Å². The molecule has 2 bridgehead atoms. The first-order valence-electron chi connectivity index (χ1n) is 9.48. The minimum absolute atomic E-state index is 0.0760. The van der Waals surface area contributed by atoms with Crippen LogP contribution in [0.15, 0.2) is 0 Å². The molecule has 5 atom stereocenters. The average molecular weight is 366 g/mol. The Balaban J connectivity index is 1.77. The number of carbonyl (C=O) groups is 3. The predicted molar refractivity (Wildman–Crippen MR) is 92.9 cm³/mol. The molecule has 0 N–H and O–H groups in total. The van der Waals surface area contributed by atoms with Gasteiger partial charge < -0.3 is 14.2 Å². The topological polar surface area (TPSA) is 78.9 Å². The zero-order valence-corrected chi connectivity index (χ0v) is 16.8. The van der Waals surface area contributed by atoms with Crippen LogP contribution >= 0.6 is 0 Å². The summed E-state index contributed by atoms with van der Waals surface area (Å²) >= 11 is 0. The van der Waals surface area contributed by atoms with E-state index in [0.29, 0.717) is 12.8 Å². The largest absolute Gasteiger partial charge is 0.455 e. The van der Waals surface area contributed by atoms with Crippen LogP contribution in [-0.4, -0.2) is 34.7 Å². The fourth-order valence-electron chi connectivity index (χ4n) is 4.65. The Labute approximate surface area is 154 Å². The zero-order chi connectivity index (χ0) is 19.7. The maximum Gasteiger partial charge on any atom is 0.350 e. The van der Waals surface area contributed by atoms with Crippen molar-refractivity contribution in [3.05, 3.63) is 0 Å². The highest BCUT2D eigenvalue weighted by Crippen LogP contribution is 2.66.